The maximum Gasteiger partial charge on any atom is 0.255 e. The first-order valence-electron chi connectivity index (χ1n) is 11.6. The quantitative estimate of drug-likeness (QED) is 0.247. The number of amides is 1. The molecule has 4 rings (SSSR count). The predicted octanol–water partition coefficient (Wildman–Crippen LogP) is 6.81. The number of ether oxygens (including phenoxy) is 2. The second kappa shape index (κ2) is 12.1. The lowest BCUT2D eigenvalue weighted by molar-refractivity contribution is 0.0745. The summed E-state index contributed by atoms with van der Waals surface area (Å²) in [6.45, 7) is 1.43. The number of halogens is 1. The van der Waals surface area contributed by atoms with Crippen LogP contribution in [0.2, 0.25) is 5.02 Å². The molecule has 0 aliphatic carbocycles. The molecule has 0 bridgehead atoms. The topological polar surface area (TPSA) is 38.8 Å². The number of carbonyl (C=O) groups excluding carboxylic acids is 1. The first-order chi connectivity index (χ1) is 17.1. The molecule has 0 aliphatic rings. The fourth-order valence-electron chi connectivity index (χ4n) is 3.85. The first-order valence-corrected chi connectivity index (χ1v) is 11.9. The Balaban J connectivity index is 1.53. The Morgan fingerprint density at radius 2 is 1.43 bits per heavy atom. The van der Waals surface area contributed by atoms with E-state index in [4.69, 9.17) is 21.1 Å². The molecule has 0 heterocycles. The summed E-state index contributed by atoms with van der Waals surface area (Å²) in [4.78, 5) is 15.3. The molecule has 0 aromatic heterocycles. The second-order valence-electron chi connectivity index (χ2n) is 8.20. The van der Waals surface area contributed by atoms with Crippen LogP contribution in [-0.4, -0.2) is 24.5 Å². The molecule has 35 heavy (non-hydrogen) atoms. The van der Waals surface area contributed by atoms with Crippen LogP contribution in [0.25, 0.3) is 0 Å². The van der Waals surface area contributed by atoms with Crippen molar-refractivity contribution in [3.63, 3.8) is 0 Å². The highest BCUT2D eigenvalue weighted by Crippen LogP contribution is 2.30. The zero-order valence-electron chi connectivity index (χ0n) is 19.7. The van der Waals surface area contributed by atoms with Gasteiger partial charge in [0.05, 0.1) is 17.7 Å². The Morgan fingerprint density at radius 1 is 0.771 bits per heavy atom. The summed E-state index contributed by atoms with van der Waals surface area (Å²) in [6.07, 6.45) is 0.742. The van der Waals surface area contributed by atoms with E-state index in [2.05, 4.69) is 12.1 Å². The van der Waals surface area contributed by atoms with E-state index in [-0.39, 0.29) is 5.91 Å². The minimum atomic E-state index is -0.102. The third kappa shape index (κ3) is 6.65. The van der Waals surface area contributed by atoms with E-state index in [1.54, 1.807) is 19.2 Å². The number of carbonyl (C=O) groups is 1. The minimum absolute atomic E-state index is 0.102. The second-order valence-corrected chi connectivity index (χ2v) is 8.61. The molecule has 178 valence electrons. The van der Waals surface area contributed by atoms with Gasteiger partial charge in [-0.3, -0.25) is 4.79 Å². The van der Waals surface area contributed by atoms with E-state index in [1.807, 2.05) is 83.8 Å². The van der Waals surface area contributed by atoms with Gasteiger partial charge >= 0.3 is 0 Å². The molecular weight excluding hydrogens is 458 g/mol. The van der Waals surface area contributed by atoms with Gasteiger partial charge in [0.25, 0.3) is 5.91 Å². The van der Waals surface area contributed by atoms with Crippen LogP contribution in [-0.2, 0) is 19.6 Å². The van der Waals surface area contributed by atoms with Crippen molar-refractivity contribution in [3.8, 4) is 11.5 Å². The first kappa shape index (κ1) is 24.4. The number of nitrogens with zero attached hydrogens (tertiary/aromatic N) is 1. The average Bonchev–Trinajstić information content (AvgIpc) is 2.91. The number of benzene rings is 4. The van der Waals surface area contributed by atoms with Crippen molar-refractivity contribution in [2.75, 3.05) is 13.7 Å². The molecule has 0 saturated heterocycles. The summed E-state index contributed by atoms with van der Waals surface area (Å²) in [6, 6.07) is 33.1. The predicted molar refractivity (Wildman–Crippen MR) is 140 cm³/mol. The zero-order chi connectivity index (χ0) is 24.5. The Morgan fingerprint density at radius 3 is 2.11 bits per heavy atom. The van der Waals surface area contributed by atoms with Crippen molar-refractivity contribution in [2.45, 2.75) is 19.6 Å². The van der Waals surface area contributed by atoms with Gasteiger partial charge in [0.1, 0.15) is 6.61 Å². The van der Waals surface area contributed by atoms with E-state index in [0.717, 1.165) is 17.5 Å². The van der Waals surface area contributed by atoms with Crippen molar-refractivity contribution in [2.24, 2.45) is 0 Å². The van der Waals surface area contributed by atoms with Crippen LogP contribution in [0, 0.1) is 0 Å². The molecule has 0 spiro atoms. The summed E-state index contributed by atoms with van der Waals surface area (Å²) in [7, 11) is 1.62. The smallest absolute Gasteiger partial charge is 0.255 e. The molecule has 5 heteroatoms. The van der Waals surface area contributed by atoms with Crippen molar-refractivity contribution in [3.05, 3.63) is 130 Å². The van der Waals surface area contributed by atoms with Gasteiger partial charge in [-0.05, 0) is 47.4 Å². The molecule has 4 aromatic carbocycles. The van der Waals surface area contributed by atoms with Gasteiger partial charge < -0.3 is 14.4 Å². The van der Waals surface area contributed by atoms with Crippen LogP contribution in [0.4, 0.5) is 0 Å². The van der Waals surface area contributed by atoms with Crippen LogP contribution < -0.4 is 9.47 Å². The van der Waals surface area contributed by atoms with E-state index in [0.29, 0.717) is 41.8 Å². The van der Waals surface area contributed by atoms with E-state index >= 15 is 0 Å². The lowest BCUT2D eigenvalue weighted by atomic mass is 10.1. The Kier molecular flexibility index (Phi) is 8.42. The maximum atomic E-state index is 13.5. The molecule has 0 unspecified atom stereocenters. The summed E-state index contributed by atoms with van der Waals surface area (Å²) in [5.74, 6) is 1.19. The molecule has 0 atom stereocenters. The van der Waals surface area contributed by atoms with Gasteiger partial charge in [0.2, 0.25) is 0 Å². The van der Waals surface area contributed by atoms with Crippen LogP contribution in [0.3, 0.4) is 0 Å². The molecule has 1 amide bonds. The highest BCUT2D eigenvalue weighted by Gasteiger charge is 2.19. The molecule has 4 nitrogen and oxygen atoms in total. The van der Waals surface area contributed by atoms with Crippen LogP contribution >= 0.6 is 11.6 Å². The molecule has 0 fully saturated rings. The Bertz CT molecular complexity index is 1240. The maximum absolute atomic E-state index is 13.5. The molecule has 0 saturated carbocycles. The normalized spacial score (nSPS) is 10.6. The zero-order valence-corrected chi connectivity index (χ0v) is 20.4. The standard InChI is InChI=1S/C30H28ClNO3/c1-34-29-20-25(16-17-28(29)35-22-24-12-6-3-7-13-24)21-32(19-18-23-10-4-2-5-11-23)30(33)26-14-8-9-15-27(26)31/h2-17,20H,18-19,21-22H2,1H3. The van der Waals surface area contributed by atoms with Gasteiger partial charge in [0.15, 0.2) is 11.5 Å². The van der Waals surface area contributed by atoms with E-state index < -0.39 is 0 Å². The summed E-state index contributed by atoms with van der Waals surface area (Å²) < 4.78 is 11.6. The lowest BCUT2D eigenvalue weighted by Gasteiger charge is -2.24. The fourth-order valence-corrected chi connectivity index (χ4v) is 4.07. The van der Waals surface area contributed by atoms with E-state index in [1.165, 1.54) is 5.56 Å². The summed E-state index contributed by atoms with van der Waals surface area (Å²) >= 11 is 6.35. The lowest BCUT2D eigenvalue weighted by Crippen LogP contribution is -2.32. The monoisotopic (exact) mass is 485 g/mol. The van der Waals surface area contributed by atoms with Crippen molar-refractivity contribution < 1.29 is 14.3 Å². The van der Waals surface area contributed by atoms with Crippen molar-refractivity contribution in [1.82, 2.24) is 4.90 Å². The SMILES string of the molecule is COc1cc(CN(CCc2ccccc2)C(=O)c2ccccc2Cl)ccc1OCc1ccccc1. The van der Waals surface area contributed by atoms with Gasteiger partial charge in [0, 0.05) is 13.1 Å². The highest BCUT2D eigenvalue weighted by atomic mass is 35.5. The van der Waals surface area contributed by atoms with Gasteiger partial charge in [-0.25, -0.2) is 0 Å². The largest absolute Gasteiger partial charge is 0.493 e. The number of hydrogen-bond donors (Lipinski definition) is 0. The third-order valence-corrected chi connectivity index (χ3v) is 6.07. The summed E-state index contributed by atoms with van der Waals surface area (Å²) in [5, 5.41) is 0.449. The number of rotatable bonds is 10. The highest BCUT2D eigenvalue weighted by molar-refractivity contribution is 6.33. The average molecular weight is 486 g/mol. The minimum Gasteiger partial charge on any atom is -0.493 e. The van der Waals surface area contributed by atoms with Crippen LogP contribution in [0.15, 0.2) is 103 Å². The van der Waals surface area contributed by atoms with Gasteiger partial charge in [-0.15, -0.1) is 0 Å². The van der Waals surface area contributed by atoms with Gasteiger partial charge in [-0.1, -0.05) is 90.5 Å². The molecule has 4 aromatic rings. The fraction of sp³-hybridized carbons (Fsp3) is 0.167. The Labute approximate surface area is 211 Å². The van der Waals surface area contributed by atoms with Gasteiger partial charge in [-0.2, -0.15) is 0 Å². The molecule has 0 aliphatic heterocycles. The number of hydrogen-bond acceptors (Lipinski definition) is 3. The summed E-state index contributed by atoms with van der Waals surface area (Å²) in [5.41, 5.74) is 3.70. The van der Waals surface area contributed by atoms with Crippen molar-refractivity contribution >= 4 is 17.5 Å². The van der Waals surface area contributed by atoms with Crippen LogP contribution in [0.1, 0.15) is 27.0 Å². The molecule has 0 radical (unpaired) electrons. The number of methoxy groups -OCH3 is 1. The van der Waals surface area contributed by atoms with Crippen LogP contribution in [0.5, 0.6) is 11.5 Å². The molecule has 0 N–H and O–H groups in total. The Hall–Kier alpha value is -3.76. The third-order valence-electron chi connectivity index (χ3n) is 5.74. The van der Waals surface area contributed by atoms with E-state index in [9.17, 15) is 4.79 Å². The molecular formula is C30H28ClNO3. The van der Waals surface area contributed by atoms with Crippen molar-refractivity contribution in [1.29, 1.82) is 0 Å².